The molecule has 0 radical (unpaired) electrons. The Kier molecular flexibility index (Phi) is 8.56. The number of nitrogens with zero attached hydrogens (tertiary/aromatic N) is 2. The van der Waals surface area contributed by atoms with Gasteiger partial charge in [0.05, 0.1) is 10.6 Å². The first-order valence-corrected chi connectivity index (χ1v) is 10.8. The van der Waals surface area contributed by atoms with E-state index in [2.05, 4.69) is 15.6 Å². The van der Waals surface area contributed by atoms with E-state index >= 15 is 0 Å². The molecule has 0 spiro atoms. The summed E-state index contributed by atoms with van der Waals surface area (Å²) in [6.45, 7) is 0.318. The van der Waals surface area contributed by atoms with Crippen molar-refractivity contribution in [3.05, 3.63) is 71.4 Å². The van der Waals surface area contributed by atoms with Crippen molar-refractivity contribution in [3.63, 3.8) is 0 Å². The lowest BCUT2D eigenvalue weighted by Crippen LogP contribution is -2.27. The zero-order valence-corrected chi connectivity index (χ0v) is 19.5. The van der Waals surface area contributed by atoms with Crippen molar-refractivity contribution in [2.24, 2.45) is 0 Å². The van der Waals surface area contributed by atoms with Gasteiger partial charge in [0.25, 0.3) is 0 Å². The van der Waals surface area contributed by atoms with Crippen molar-refractivity contribution in [3.8, 4) is 11.5 Å². The summed E-state index contributed by atoms with van der Waals surface area (Å²) in [7, 11) is 1.73. The van der Waals surface area contributed by atoms with Crippen LogP contribution in [0, 0.1) is 0 Å². The van der Waals surface area contributed by atoms with Crippen LogP contribution in [-0.2, 0) is 11.0 Å². The van der Waals surface area contributed by atoms with Gasteiger partial charge in [-0.3, -0.25) is 10.0 Å². The van der Waals surface area contributed by atoms with E-state index in [1.54, 1.807) is 53.8 Å². The predicted octanol–water partition coefficient (Wildman–Crippen LogP) is 5.52. The van der Waals surface area contributed by atoms with Gasteiger partial charge in [-0.25, -0.2) is 15.3 Å². The molecule has 1 aromatic heterocycles. The molecule has 0 atom stereocenters. The second kappa shape index (κ2) is 11.6. The number of nitrogens with one attached hydrogen (secondary N) is 3. The van der Waals surface area contributed by atoms with Gasteiger partial charge in [-0.1, -0.05) is 11.6 Å². The summed E-state index contributed by atoms with van der Waals surface area (Å²) in [5.74, 6) is 0.952. The van der Waals surface area contributed by atoms with Gasteiger partial charge in [-0.05, 0) is 48.5 Å². The topological polar surface area (TPSA) is 116 Å². The van der Waals surface area contributed by atoms with Crippen LogP contribution in [0.2, 0.25) is 5.02 Å². The highest BCUT2D eigenvalue weighted by Crippen LogP contribution is 2.36. The van der Waals surface area contributed by atoms with Crippen molar-refractivity contribution in [1.29, 1.82) is 0 Å². The highest BCUT2D eigenvalue weighted by atomic mass is 35.5. The minimum absolute atomic E-state index is 0.0698. The van der Waals surface area contributed by atoms with Crippen LogP contribution in [0.5, 0.6) is 11.5 Å². The van der Waals surface area contributed by atoms with Crippen LogP contribution >= 0.6 is 11.6 Å². The van der Waals surface area contributed by atoms with Crippen LogP contribution in [-0.4, -0.2) is 35.7 Å². The first kappa shape index (κ1) is 26.6. The summed E-state index contributed by atoms with van der Waals surface area (Å²) in [5.41, 5.74) is 0.823. The van der Waals surface area contributed by atoms with Gasteiger partial charge in [-0.2, -0.15) is 13.2 Å². The van der Waals surface area contributed by atoms with Gasteiger partial charge < -0.3 is 20.3 Å². The maximum atomic E-state index is 13.0. The first-order valence-electron chi connectivity index (χ1n) is 10.4. The fourth-order valence-corrected chi connectivity index (χ4v) is 3.19. The quantitative estimate of drug-likeness (QED) is 0.228. The monoisotopic (exact) mass is 523 g/mol. The molecule has 3 amide bonds. The Morgan fingerprint density at radius 3 is 2.36 bits per heavy atom. The molecule has 0 bridgehead atoms. The van der Waals surface area contributed by atoms with Gasteiger partial charge in [0.15, 0.2) is 0 Å². The van der Waals surface area contributed by atoms with Crippen LogP contribution in [0.25, 0.3) is 0 Å². The number of carbonyl (C=O) groups excluding carboxylic acids is 2. The number of benzene rings is 2. The molecule has 0 saturated heterocycles. The zero-order valence-electron chi connectivity index (χ0n) is 18.8. The SMILES string of the molecule is CN(CCC(=O)NO)c1cc(Oc2ccc(NC(=O)Nc3ccc(Cl)c(C(F)(F)F)c3)cc2)ccn1. The summed E-state index contributed by atoms with van der Waals surface area (Å²) in [4.78, 5) is 29.3. The van der Waals surface area contributed by atoms with Gasteiger partial charge in [-0.15, -0.1) is 0 Å². The standard InChI is InChI=1S/C23H21ClF3N5O4/c1-32(11-9-21(33)31-35)20-13-17(8-10-28-20)36-16-5-2-14(3-6-16)29-22(34)30-15-4-7-19(24)18(12-15)23(25,26)27/h2-8,10,12-13,35H,9,11H2,1H3,(H,31,33)(H2,29,30,34). The van der Waals surface area contributed by atoms with E-state index in [0.29, 0.717) is 29.5 Å². The third-order valence-corrected chi connectivity index (χ3v) is 5.11. The van der Waals surface area contributed by atoms with Gasteiger partial charge >= 0.3 is 12.2 Å². The average molecular weight is 524 g/mol. The predicted molar refractivity (Wildman–Crippen MR) is 128 cm³/mol. The number of alkyl halides is 3. The molecule has 0 saturated carbocycles. The van der Waals surface area contributed by atoms with Gasteiger partial charge in [0.1, 0.15) is 17.3 Å². The van der Waals surface area contributed by atoms with Crippen molar-refractivity contribution in [1.82, 2.24) is 10.5 Å². The third-order valence-electron chi connectivity index (χ3n) is 4.78. The Labute approximate surface area is 208 Å². The summed E-state index contributed by atoms with van der Waals surface area (Å²) < 4.78 is 44.8. The molecule has 0 aliphatic heterocycles. The van der Waals surface area contributed by atoms with Crippen LogP contribution in [0.3, 0.4) is 0 Å². The van der Waals surface area contributed by atoms with E-state index in [0.717, 1.165) is 12.1 Å². The number of urea groups is 1. The minimum atomic E-state index is -4.65. The summed E-state index contributed by atoms with van der Waals surface area (Å²) in [6, 6.07) is 11.9. The summed E-state index contributed by atoms with van der Waals surface area (Å²) in [5, 5.41) is 13.0. The zero-order chi connectivity index (χ0) is 26.3. The maximum absolute atomic E-state index is 13.0. The number of aromatic nitrogens is 1. The molecule has 3 rings (SSSR count). The number of rotatable bonds is 8. The average Bonchev–Trinajstić information content (AvgIpc) is 2.84. The molecular formula is C23H21ClF3N5O4. The molecule has 3 aromatic rings. The molecule has 0 unspecified atom stereocenters. The number of ether oxygens (including phenoxy) is 1. The summed E-state index contributed by atoms with van der Waals surface area (Å²) in [6.07, 6.45) is -3.04. The van der Waals surface area contributed by atoms with Crippen molar-refractivity contribution >= 4 is 40.7 Å². The lowest BCUT2D eigenvalue weighted by atomic mass is 10.2. The Morgan fingerprint density at radius 1 is 1.03 bits per heavy atom. The third kappa shape index (κ3) is 7.48. The molecule has 13 heteroatoms. The number of halogens is 4. The maximum Gasteiger partial charge on any atom is 0.417 e. The molecule has 0 aliphatic carbocycles. The van der Waals surface area contributed by atoms with E-state index < -0.39 is 28.7 Å². The van der Waals surface area contributed by atoms with Crippen LogP contribution < -0.4 is 25.8 Å². The van der Waals surface area contributed by atoms with E-state index in [1.165, 1.54) is 12.3 Å². The molecule has 2 aromatic carbocycles. The van der Waals surface area contributed by atoms with Crippen molar-refractivity contribution in [2.45, 2.75) is 12.6 Å². The highest BCUT2D eigenvalue weighted by molar-refractivity contribution is 6.31. The Balaban J connectivity index is 1.58. The molecule has 190 valence electrons. The molecule has 1 heterocycles. The molecular weight excluding hydrogens is 503 g/mol. The van der Waals surface area contributed by atoms with Crippen LogP contribution in [0.1, 0.15) is 12.0 Å². The smallest absolute Gasteiger partial charge is 0.417 e. The fourth-order valence-electron chi connectivity index (χ4n) is 2.97. The van der Waals surface area contributed by atoms with Crippen molar-refractivity contribution < 1.29 is 32.7 Å². The van der Waals surface area contributed by atoms with Crippen molar-refractivity contribution in [2.75, 3.05) is 29.1 Å². The number of pyridine rings is 1. The lowest BCUT2D eigenvalue weighted by Gasteiger charge is -2.18. The number of amides is 3. The number of hydrogen-bond acceptors (Lipinski definition) is 6. The largest absolute Gasteiger partial charge is 0.457 e. The van der Waals surface area contributed by atoms with Crippen LogP contribution in [0.15, 0.2) is 60.8 Å². The fraction of sp³-hybridized carbons (Fsp3) is 0.174. The molecule has 36 heavy (non-hydrogen) atoms. The van der Waals surface area contributed by atoms with E-state index in [1.807, 2.05) is 0 Å². The molecule has 4 N–H and O–H groups in total. The number of hydrogen-bond donors (Lipinski definition) is 4. The second-order valence-electron chi connectivity index (χ2n) is 7.45. The number of carbonyl (C=O) groups is 2. The lowest BCUT2D eigenvalue weighted by molar-refractivity contribution is -0.137. The number of hydroxylamine groups is 1. The molecule has 0 fully saturated rings. The van der Waals surface area contributed by atoms with E-state index in [4.69, 9.17) is 21.5 Å². The summed E-state index contributed by atoms with van der Waals surface area (Å²) >= 11 is 5.59. The molecule has 9 nitrogen and oxygen atoms in total. The van der Waals surface area contributed by atoms with Gasteiger partial charge in [0.2, 0.25) is 5.91 Å². The minimum Gasteiger partial charge on any atom is -0.457 e. The Bertz CT molecular complexity index is 1230. The molecule has 0 aliphatic rings. The Hall–Kier alpha value is -4.03. The number of anilines is 3. The van der Waals surface area contributed by atoms with Gasteiger partial charge in [0, 0.05) is 43.7 Å². The van der Waals surface area contributed by atoms with E-state index in [9.17, 15) is 22.8 Å². The first-order chi connectivity index (χ1) is 17.0. The van der Waals surface area contributed by atoms with Crippen LogP contribution in [0.4, 0.5) is 35.2 Å². The Morgan fingerprint density at radius 2 is 1.69 bits per heavy atom. The highest BCUT2D eigenvalue weighted by Gasteiger charge is 2.33. The normalized spacial score (nSPS) is 10.9. The van der Waals surface area contributed by atoms with E-state index in [-0.39, 0.29) is 12.1 Å². The second-order valence-corrected chi connectivity index (χ2v) is 7.86.